The predicted molar refractivity (Wildman–Crippen MR) is 266 cm³/mol. The molecule has 0 saturated carbocycles. The van der Waals surface area contributed by atoms with Crippen LogP contribution in [-0.4, -0.2) is 22.2 Å². The molecule has 0 aliphatic heterocycles. The van der Waals surface area contributed by atoms with Gasteiger partial charge in [-0.3, -0.25) is 0 Å². The minimum Gasteiger partial charge on any atom is -0.477 e. The monoisotopic (exact) mass is 891 g/mol. The van der Waals surface area contributed by atoms with Gasteiger partial charge in [-0.1, -0.05) is 110 Å². The molecular formula is C54H41N3O4S3. The van der Waals surface area contributed by atoms with E-state index < -0.39 is 11.9 Å². The Morgan fingerprint density at radius 3 is 1.33 bits per heavy atom. The molecule has 2 N–H and O–H groups in total. The number of carboxylic acids is 2. The van der Waals surface area contributed by atoms with Crippen molar-refractivity contribution in [1.82, 2.24) is 0 Å². The number of carboxylic acid groups (broad SMARTS) is 2. The van der Waals surface area contributed by atoms with Crippen LogP contribution in [0.1, 0.15) is 72.3 Å². The molecule has 5 aromatic carbocycles. The van der Waals surface area contributed by atoms with Crippen molar-refractivity contribution in [1.29, 1.82) is 10.5 Å². The molecule has 1 unspecified atom stereocenters. The molecule has 0 fully saturated rings. The van der Waals surface area contributed by atoms with Crippen molar-refractivity contribution in [3.63, 3.8) is 0 Å². The number of carbonyl (C=O) groups is 2. The average Bonchev–Trinajstić information content (AvgIpc) is 4.00. The van der Waals surface area contributed by atoms with Gasteiger partial charge in [0.15, 0.2) is 0 Å². The van der Waals surface area contributed by atoms with Gasteiger partial charge >= 0.3 is 11.9 Å². The molecule has 10 heteroatoms. The molecule has 0 amide bonds. The van der Waals surface area contributed by atoms with Gasteiger partial charge in [0.25, 0.3) is 0 Å². The number of rotatable bonds is 16. The predicted octanol–water partition coefficient (Wildman–Crippen LogP) is 14.2. The number of nitrogens with zero attached hydrogens (tertiary/aromatic N) is 3. The van der Waals surface area contributed by atoms with Crippen molar-refractivity contribution in [2.24, 2.45) is 0 Å². The highest BCUT2D eigenvalue weighted by molar-refractivity contribution is 7.80. The van der Waals surface area contributed by atoms with Crippen LogP contribution in [0.4, 0.5) is 17.1 Å². The number of thiol groups is 1. The van der Waals surface area contributed by atoms with E-state index in [9.17, 15) is 30.3 Å². The number of aliphatic carboxylic acids is 2. The first-order valence-electron chi connectivity index (χ1n) is 20.4. The minimum absolute atomic E-state index is 0.143. The maximum absolute atomic E-state index is 11.5. The first kappa shape index (κ1) is 44.6. The van der Waals surface area contributed by atoms with Crippen molar-refractivity contribution in [2.45, 2.75) is 25.0 Å². The normalized spacial score (nSPS) is 12.6. The van der Waals surface area contributed by atoms with E-state index in [4.69, 9.17) is 12.6 Å². The fraction of sp³-hybridized carbons (Fsp3) is 0.0741. The van der Waals surface area contributed by atoms with Gasteiger partial charge in [0.2, 0.25) is 0 Å². The third-order valence-corrected chi connectivity index (χ3v) is 12.9. The van der Waals surface area contributed by atoms with Crippen LogP contribution in [-0.2, 0) is 9.59 Å². The molecule has 0 saturated heterocycles. The first-order valence-corrected chi connectivity index (χ1v) is 22.5. The summed E-state index contributed by atoms with van der Waals surface area (Å²) in [5.41, 5.74) is 9.29. The largest absolute Gasteiger partial charge is 0.477 e. The summed E-state index contributed by atoms with van der Waals surface area (Å²) in [5, 5.41) is 37.6. The molecule has 2 aromatic heterocycles. The van der Waals surface area contributed by atoms with Crippen molar-refractivity contribution < 1.29 is 19.8 Å². The van der Waals surface area contributed by atoms with E-state index in [1.165, 1.54) is 34.8 Å². The summed E-state index contributed by atoms with van der Waals surface area (Å²) in [6.07, 6.45) is 9.05. The molecule has 0 aliphatic carbocycles. The van der Waals surface area contributed by atoms with Crippen LogP contribution in [0.25, 0.3) is 35.5 Å². The van der Waals surface area contributed by atoms with Crippen LogP contribution in [0.5, 0.6) is 0 Å². The van der Waals surface area contributed by atoms with E-state index in [1.807, 2.05) is 84.9 Å². The zero-order valence-electron chi connectivity index (χ0n) is 34.6. The second-order valence-corrected chi connectivity index (χ2v) is 17.5. The third-order valence-electron chi connectivity index (χ3n) is 10.3. The Hall–Kier alpha value is -7.47. The van der Waals surface area contributed by atoms with Gasteiger partial charge in [-0.2, -0.15) is 23.2 Å². The lowest BCUT2D eigenvalue weighted by atomic mass is 10.0. The third kappa shape index (κ3) is 10.9. The number of nitriles is 2. The highest BCUT2D eigenvalue weighted by Gasteiger charge is 2.17. The van der Waals surface area contributed by atoms with Crippen molar-refractivity contribution in [3.8, 4) is 12.1 Å². The standard InChI is InChI=1S/C54H41N3O4S3/c1-2-9-50(62)40-18-24-45(25-19-40)57(43-20-14-36(15-21-43)30-48(38-10-5-3-6-11-38)51-28-26-46(63-51)32-41(34-55)53(58)59)44-22-16-37(17-23-44)31-49(39-12-7-4-8-13-39)52-29-27-47(64-52)33-42(35-56)54(60)61/h3-8,10-33,50,62H,2,9H2,1H3,(H,58,59)(H,60,61)/b41-32+,42-33+,48-30+,49-31+. The highest BCUT2D eigenvalue weighted by Crippen LogP contribution is 2.39. The first-order chi connectivity index (χ1) is 31.1. The number of benzene rings is 5. The van der Waals surface area contributed by atoms with Crippen LogP contribution in [0.2, 0.25) is 0 Å². The van der Waals surface area contributed by atoms with E-state index in [0.29, 0.717) is 9.75 Å². The fourth-order valence-corrected chi connectivity index (χ4v) is 9.46. The Morgan fingerprint density at radius 2 is 0.969 bits per heavy atom. The molecule has 64 heavy (non-hydrogen) atoms. The zero-order valence-corrected chi connectivity index (χ0v) is 37.2. The fourth-order valence-electron chi connectivity index (χ4n) is 7.05. The second kappa shape index (κ2) is 21.1. The summed E-state index contributed by atoms with van der Waals surface area (Å²) in [5.74, 6) is -2.52. The van der Waals surface area contributed by atoms with E-state index in [2.05, 4.69) is 96.8 Å². The maximum Gasteiger partial charge on any atom is 0.346 e. The summed E-state index contributed by atoms with van der Waals surface area (Å²) in [6, 6.07) is 56.4. The van der Waals surface area contributed by atoms with Crippen LogP contribution in [0.15, 0.2) is 169 Å². The minimum atomic E-state index is -1.26. The molecule has 7 rings (SSSR count). The Balaban J connectivity index is 1.26. The van der Waals surface area contributed by atoms with Crippen LogP contribution < -0.4 is 4.90 Å². The van der Waals surface area contributed by atoms with Gasteiger partial charge in [-0.15, -0.1) is 22.7 Å². The Kier molecular flexibility index (Phi) is 14.7. The highest BCUT2D eigenvalue weighted by atomic mass is 32.1. The molecule has 0 radical (unpaired) electrons. The van der Waals surface area contributed by atoms with E-state index in [1.54, 1.807) is 12.1 Å². The van der Waals surface area contributed by atoms with Gasteiger partial charge in [0.1, 0.15) is 23.3 Å². The smallest absolute Gasteiger partial charge is 0.346 e. The number of thiophene rings is 2. The van der Waals surface area contributed by atoms with Gasteiger partial charge in [0, 0.05) is 41.8 Å². The summed E-state index contributed by atoms with van der Waals surface area (Å²) >= 11 is 7.71. The van der Waals surface area contributed by atoms with Gasteiger partial charge in [-0.05, 0) is 130 Å². The maximum atomic E-state index is 11.5. The lowest BCUT2D eigenvalue weighted by molar-refractivity contribution is -0.133. The molecule has 314 valence electrons. The molecular weight excluding hydrogens is 851 g/mol. The molecule has 2 heterocycles. The quantitative estimate of drug-likeness (QED) is 0.0382. The number of hydrogen-bond donors (Lipinski definition) is 3. The molecule has 0 spiro atoms. The Morgan fingerprint density at radius 1 is 0.578 bits per heavy atom. The molecule has 1 atom stereocenters. The Bertz CT molecular complexity index is 2790. The molecule has 0 aliphatic rings. The average molecular weight is 892 g/mol. The van der Waals surface area contributed by atoms with Crippen LogP contribution >= 0.6 is 35.3 Å². The van der Waals surface area contributed by atoms with E-state index >= 15 is 0 Å². The lowest BCUT2D eigenvalue weighted by Crippen LogP contribution is -2.10. The van der Waals surface area contributed by atoms with Crippen molar-refractivity contribution in [3.05, 3.63) is 216 Å². The second-order valence-electron chi connectivity index (χ2n) is 14.6. The molecule has 7 aromatic rings. The zero-order chi connectivity index (χ0) is 45.0. The lowest BCUT2D eigenvalue weighted by Gasteiger charge is -2.26. The van der Waals surface area contributed by atoms with Crippen molar-refractivity contribution in [2.75, 3.05) is 4.90 Å². The number of anilines is 3. The van der Waals surface area contributed by atoms with Gasteiger partial charge in [0.05, 0.1) is 0 Å². The summed E-state index contributed by atoms with van der Waals surface area (Å²) in [7, 11) is 0. The summed E-state index contributed by atoms with van der Waals surface area (Å²) < 4.78 is 0. The SMILES string of the molecule is CCCC(S)c1ccc(N(c2ccc(/C=C(\c3ccccc3)c3ccc(/C=C(\C#N)C(=O)O)s3)cc2)c2ccc(/C=C(\c3ccccc3)c3ccc(/C=C(\C#N)C(=O)O)s3)cc2)cc1. The summed E-state index contributed by atoms with van der Waals surface area (Å²) in [4.78, 5) is 28.5. The van der Waals surface area contributed by atoms with Gasteiger partial charge in [-0.25, -0.2) is 9.59 Å². The van der Waals surface area contributed by atoms with E-state index in [-0.39, 0.29) is 16.4 Å². The van der Waals surface area contributed by atoms with Crippen molar-refractivity contribution >= 4 is 99.8 Å². The summed E-state index contributed by atoms with van der Waals surface area (Å²) in [6.45, 7) is 2.16. The molecule has 0 bridgehead atoms. The number of hydrogen-bond acceptors (Lipinski definition) is 8. The van der Waals surface area contributed by atoms with Crippen LogP contribution in [0.3, 0.4) is 0 Å². The molecule has 7 nitrogen and oxygen atoms in total. The van der Waals surface area contributed by atoms with E-state index in [0.717, 1.165) is 78.6 Å². The van der Waals surface area contributed by atoms with Gasteiger partial charge < -0.3 is 15.1 Å². The Labute approximate surface area is 386 Å². The van der Waals surface area contributed by atoms with Crippen LogP contribution in [0, 0.1) is 22.7 Å². The topological polar surface area (TPSA) is 125 Å².